The molecule has 0 saturated heterocycles. The van der Waals surface area contributed by atoms with Crippen molar-refractivity contribution in [1.29, 1.82) is 0 Å². The van der Waals surface area contributed by atoms with Crippen molar-refractivity contribution < 1.29 is 15.0 Å². The summed E-state index contributed by atoms with van der Waals surface area (Å²) in [6, 6.07) is 6.92. The zero-order chi connectivity index (χ0) is 15.4. The maximum atomic E-state index is 11.5. The average molecular weight is 291 g/mol. The third-order valence-corrected chi connectivity index (χ3v) is 3.55. The molecule has 2 N–H and O–H groups in total. The second kappa shape index (κ2) is 6.69. The van der Waals surface area contributed by atoms with E-state index in [1.165, 1.54) is 0 Å². The Kier molecular flexibility index (Phi) is 4.93. The van der Waals surface area contributed by atoms with Gasteiger partial charge in [-0.25, -0.2) is 9.78 Å². The average Bonchev–Trinajstić information content (AvgIpc) is 2.78. The Morgan fingerprint density at radius 3 is 2.76 bits per heavy atom. The first-order chi connectivity index (χ1) is 10.1. The molecule has 0 radical (unpaired) electrons. The number of likely N-dealkylation sites (N-methyl/N-ethyl adjacent to an activating group) is 1. The number of aliphatic carboxylic acids is 1. The maximum Gasteiger partial charge on any atom is 0.326 e. The van der Waals surface area contributed by atoms with E-state index in [9.17, 15) is 9.90 Å². The first-order valence-electron chi connectivity index (χ1n) is 7.06. The van der Waals surface area contributed by atoms with Gasteiger partial charge in [0.15, 0.2) is 0 Å². The molecule has 1 atom stereocenters. The molecule has 6 nitrogen and oxygen atoms in total. The van der Waals surface area contributed by atoms with E-state index in [1.807, 2.05) is 43.1 Å². The number of rotatable bonds is 7. The van der Waals surface area contributed by atoms with Gasteiger partial charge in [0.05, 0.1) is 24.2 Å². The van der Waals surface area contributed by atoms with Crippen LogP contribution in [-0.2, 0) is 11.3 Å². The number of fused-ring (bicyclic) bond motifs is 1. The predicted molar refractivity (Wildman–Crippen MR) is 80.1 cm³/mol. The van der Waals surface area contributed by atoms with Gasteiger partial charge in [-0.15, -0.1) is 0 Å². The molecule has 1 unspecified atom stereocenters. The molecule has 114 valence electrons. The molecule has 0 spiro atoms. The third kappa shape index (κ3) is 3.22. The van der Waals surface area contributed by atoms with E-state index in [2.05, 4.69) is 4.98 Å². The highest BCUT2D eigenvalue weighted by molar-refractivity contribution is 5.80. The number of carbonyl (C=O) groups is 1. The van der Waals surface area contributed by atoms with Crippen LogP contribution in [0.1, 0.15) is 25.2 Å². The molecule has 1 aromatic heterocycles. The largest absolute Gasteiger partial charge is 0.480 e. The number of hydrogen-bond donors (Lipinski definition) is 2. The van der Waals surface area contributed by atoms with Crippen LogP contribution < -0.4 is 0 Å². The lowest BCUT2D eigenvalue weighted by Crippen LogP contribution is -2.26. The highest BCUT2D eigenvalue weighted by Crippen LogP contribution is 2.24. The minimum absolute atomic E-state index is 0.0624. The maximum absolute atomic E-state index is 11.5. The van der Waals surface area contributed by atoms with E-state index < -0.39 is 12.0 Å². The van der Waals surface area contributed by atoms with Gasteiger partial charge in [-0.3, -0.25) is 4.90 Å². The second-order valence-electron chi connectivity index (χ2n) is 5.11. The molecule has 0 aliphatic rings. The van der Waals surface area contributed by atoms with Gasteiger partial charge < -0.3 is 14.8 Å². The van der Waals surface area contributed by atoms with Crippen LogP contribution in [-0.4, -0.2) is 50.8 Å². The highest BCUT2D eigenvalue weighted by atomic mass is 16.4. The van der Waals surface area contributed by atoms with Crippen molar-refractivity contribution >= 4 is 17.0 Å². The Morgan fingerprint density at radius 1 is 1.43 bits per heavy atom. The molecule has 0 amide bonds. The monoisotopic (exact) mass is 291 g/mol. The molecule has 0 aliphatic carbocycles. The number of carboxylic acid groups (broad SMARTS) is 1. The molecular formula is C15H21N3O3. The number of carboxylic acids is 1. The molecule has 1 heterocycles. The number of aliphatic hydroxyl groups is 1. The Morgan fingerprint density at radius 2 is 2.14 bits per heavy atom. The normalized spacial score (nSPS) is 13.0. The van der Waals surface area contributed by atoms with Crippen molar-refractivity contribution in [2.45, 2.75) is 25.9 Å². The van der Waals surface area contributed by atoms with Crippen LogP contribution in [0, 0.1) is 0 Å². The molecule has 0 saturated carbocycles. The molecule has 6 heteroatoms. The van der Waals surface area contributed by atoms with E-state index in [-0.39, 0.29) is 6.61 Å². The molecule has 2 rings (SSSR count). The molecule has 21 heavy (non-hydrogen) atoms. The van der Waals surface area contributed by atoms with E-state index in [4.69, 9.17) is 5.11 Å². The van der Waals surface area contributed by atoms with Crippen LogP contribution >= 0.6 is 0 Å². The second-order valence-corrected chi connectivity index (χ2v) is 5.11. The summed E-state index contributed by atoms with van der Waals surface area (Å²) in [7, 11) is 1.88. The molecule has 0 fully saturated rings. The van der Waals surface area contributed by atoms with Crippen molar-refractivity contribution in [2.24, 2.45) is 0 Å². The van der Waals surface area contributed by atoms with E-state index in [0.29, 0.717) is 25.3 Å². The smallest absolute Gasteiger partial charge is 0.326 e. The molecule has 1 aromatic carbocycles. The summed E-state index contributed by atoms with van der Waals surface area (Å²) < 4.78 is 1.80. The van der Waals surface area contributed by atoms with Gasteiger partial charge in [-0.05, 0) is 25.6 Å². The SMILES string of the molecule is CCC(C(=O)O)n1c(CN(C)CCO)nc2ccccc21. The van der Waals surface area contributed by atoms with E-state index in [1.54, 1.807) is 4.57 Å². The van der Waals surface area contributed by atoms with Gasteiger partial charge in [-0.2, -0.15) is 0 Å². The fourth-order valence-electron chi connectivity index (χ4n) is 2.51. The van der Waals surface area contributed by atoms with Crippen LogP contribution in [0.15, 0.2) is 24.3 Å². The number of aliphatic hydroxyl groups excluding tert-OH is 1. The zero-order valence-electron chi connectivity index (χ0n) is 12.4. The van der Waals surface area contributed by atoms with Gasteiger partial charge in [0.2, 0.25) is 0 Å². The quantitative estimate of drug-likeness (QED) is 0.808. The number of para-hydroxylation sites is 2. The van der Waals surface area contributed by atoms with E-state index in [0.717, 1.165) is 11.0 Å². The van der Waals surface area contributed by atoms with Gasteiger partial charge in [0.1, 0.15) is 11.9 Å². The fraction of sp³-hybridized carbons (Fsp3) is 0.467. The summed E-state index contributed by atoms with van der Waals surface area (Å²) in [6.07, 6.45) is 0.492. The van der Waals surface area contributed by atoms with Crippen molar-refractivity contribution in [1.82, 2.24) is 14.5 Å². The zero-order valence-corrected chi connectivity index (χ0v) is 12.4. The standard InChI is InChI=1S/C15H21N3O3/c1-3-12(15(20)21)18-13-7-5-4-6-11(13)16-14(18)10-17(2)8-9-19/h4-7,12,19H,3,8-10H2,1-2H3,(H,20,21). The summed E-state index contributed by atoms with van der Waals surface area (Å²) in [5, 5.41) is 18.5. The van der Waals surface area contributed by atoms with Gasteiger partial charge >= 0.3 is 5.97 Å². The fourth-order valence-corrected chi connectivity index (χ4v) is 2.51. The Labute approximate surface area is 123 Å². The number of aromatic nitrogens is 2. The lowest BCUT2D eigenvalue weighted by Gasteiger charge is -2.19. The van der Waals surface area contributed by atoms with Gasteiger partial charge in [-0.1, -0.05) is 19.1 Å². The topological polar surface area (TPSA) is 78.6 Å². The summed E-state index contributed by atoms with van der Waals surface area (Å²) in [5.41, 5.74) is 1.63. The van der Waals surface area contributed by atoms with Crippen LogP contribution in [0.3, 0.4) is 0 Å². The van der Waals surface area contributed by atoms with Crippen LogP contribution in [0.4, 0.5) is 0 Å². The van der Waals surface area contributed by atoms with Crippen molar-refractivity contribution in [3.8, 4) is 0 Å². The number of nitrogens with zero attached hydrogens (tertiary/aromatic N) is 3. The number of benzene rings is 1. The third-order valence-electron chi connectivity index (χ3n) is 3.55. The highest BCUT2D eigenvalue weighted by Gasteiger charge is 2.23. The van der Waals surface area contributed by atoms with Gasteiger partial charge in [0.25, 0.3) is 0 Å². The molecular weight excluding hydrogens is 270 g/mol. The van der Waals surface area contributed by atoms with Crippen molar-refractivity contribution in [3.63, 3.8) is 0 Å². The Bertz CT molecular complexity index is 624. The molecule has 0 aliphatic heterocycles. The lowest BCUT2D eigenvalue weighted by molar-refractivity contribution is -0.141. The number of imidazole rings is 1. The first kappa shape index (κ1) is 15.5. The van der Waals surface area contributed by atoms with Crippen molar-refractivity contribution in [3.05, 3.63) is 30.1 Å². The summed E-state index contributed by atoms with van der Waals surface area (Å²) in [5.74, 6) is -0.145. The van der Waals surface area contributed by atoms with Crippen LogP contribution in [0.5, 0.6) is 0 Å². The van der Waals surface area contributed by atoms with Crippen molar-refractivity contribution in [2.75, 3.05) is 20.2 Å². The van der Waals surface area contributed by atoms with Gasteiger partial charge in [0, 0.05) is 6.54 Å². The summed E-state index contributed by atoms with van der Waals surface area (Å²) in [4.78, 5) is 18.0. The lowest BCUT2D eigenvalue weighted by atomic mass is 10.2. The Hall–Kier alpha value is -1.92. The Balaban J connectivity index is 2.50. The molecule has 0 bridgehead atoms. The predicted octanol–water partition coefficient (Wildman–Crippen LogP) is 1.50. The van der Waals surface area contributed by atoms with Crippen LogP contribution in [0.2, 0.25) is 0 Å². The van der Waals surface area contributed by atoms with E-state index >= 15 is 0 Å². The summed E-state index contributed by atoms with van der Waals surface area (Å²) in [6.45, 7) is 2.94. The molecule has 2 aromatic rings. The van der Waals surface area contributed by atoms with Crippen LogP contribution in [0.25, 0.3) is 11.0 Å². The number of hydrogen-bond acceptors (Lipinski definition) is 4. The first-order valence-corrected chi connectivity index (χ1v) is 7.06. The minimum Gasteiger partial charge on any atom is -0.480 e. The minimum atomic E-state index is -0.855. The summed E-state index contributed by atoms with van der Waals surface area (Å²) >= 11 is 0.